The molecule has 0 atom stereocenters. The van der Waals surface area contributed by atoms with Crippen LogP contribution in [0.25, 0.3) is 0 Å². The van der Waals surface area contributed by atoms with E-state index in [-0.39, 0.29) is 10.6 Å². The van der Waals surface area contributed by atoms with Gasteiger partial charge in [-0.1, -0.05) is 35.9 Å². The molecule has 0 radical (unpaired) electrons. The first-order valence-corrected chi connectivity index (χ1v) is 12.8. The quantitative estimate of drug-likeness (QED) is 0.478. The van der Waals surface area contributed by atoms with Crippen molar-refractivity contribution in [2.24, 2.45) is 0 Å². The molecule has 33 heavy (non-hydrogen) atoms. The average molecular weight is 505 g/mol. The van der Waals surface area contributed by atoms with Crippen molar-refractivity contribution in [3.8, 4) is 0 Å². The number of nitrogens with one attached hydrogen (secondary N) is 1. The second kappa shape index (κ2) is 9.54. The number of hydrogen-bond acceptors (Lipinski definition) is 6. The highest BCUT2D eigenvalue weighted by atomic mass is 35.5. The molecule has 1 amide bonds. The van der Waals surface area contributed by atoms with Crippen LogP contribution in [0.15, 0.2) is 59.5 Å². The minimum atomic E-state index is -4.06. The Balaban J connectivity index is 1.67. The lowest BCUT2D eigenvalue weighted by Crippen LogP contribution is -2.38. The number of carbonyl (C=O) groups excluding carboxylic acids is 2. The Kier molecular flexibility index (Phi) is 6.73. The number of anilines is 2. The van der Waals surface area contributed by atoms with Crippen molar-refractivity contribution < 1.29 is 22.7 Å². The molecule has 0 spiro atoms. The van der Waals surface area contributed by atoms with Gasteiger partial charge in [-0.2, -0.15) is 0 Å². The normalized spacial score (nSPS) is 12.8. The highest BCUT2D eigenvalue weighted by Crippen LogP contribution is 2.39. The van der Waals surface area contributed by atoms with Crippen LogP contribution in [0.1, 0.15) is 27.2 Å². The number of nitrogens with zero attached hydrogens (tertiary/aromatic N) is 1. The Morgan fingerprint density at radius 1 is 1.12 bits per heavy atom. The molecule has 1 aliphatic carbocycles. The maximum absolute atomic E-state index is 13.4. The number of sulfonamides is 1. The first-order valence-electron chi connectivity index (χ1n) is 10.2. The van der Waals surface area contributed by atoms with Crippen molar-refractivity contribution in [2.75, 3.05) is 23.3 Å². The van der Waals surface area contributed by atoms with E-state index in [1.165, 1.54) is 36.6 Å². The fourth-order valence-corrected chi connectivity index (χ4v) is 6.68. The summed E-state index contributed by atoms with van der Waals surface area (Å²) in [5.41, 5.74) is 1.50. The Morgan fingerprint density at radius 2 is 1.88 bits per heavy atom. The van der Waals surface area contributed by atoms with Gasteiger partial charge in [0, 0.05) is 9.90 Å². The predicted molar refractivity (Wildman–Crippen MR) is 129 cm³/mol. The van der Waals surface area contributed by atoms with Crippen molar-refractivity contribution >= 4 is 55.5 Å². The first-order chi connectivity index (χ1) is 15.8. The molecular weight excluding hydrogens is 484 g/mol. The number of thiophene rings is 1. The van der Waals surface area contributed by atoms with Gasteiger partial charge in [0.05, 0.1) is 23.3 Å². The number of benzene rings is 2. The van der Waals surface area contributed by atoms with Crippen LogP contribution in [0.4, 0.5) is 10.7 Å². The summed E-state index contributed by atoms with van der Waals surface area (Å²) in [6.45, 7) is -0.499. The van der Waals surface area contributed by atoms with Crippen molar-refractivity contribution in [2.45, 2.75) is 24.2 Å². The molecule has 0 fully saturated rings. The third kappa shape index (κ3) is 4.75. The molecule has 172 valence electrons. The summed E-state index contributed by atoms with van der Waals surface area (Å²) in [7, 11) is -2.77. The minimum absolute atomic E-state index is 0.0446. The molecule has 0 unspecified atom stereocenters. The van der Waals surface area contributed by atoms with Crippen LogP contribution in [0, 0.1) is 0 Å². The minimum Gasteiger partial charge on any atom is -0.465 e. The van der Waals surface area contributed by atoms with Gasteiger partial charge in [0.25, 0.3) is 10.0 Å². The molecule has 1 heterocycles. The summed E-state index contributed by atoms with van der Waals surface area (Å²) < 4.78 is 32.7. The van der Waals surface area contributed by atoms with Crippen LogP contribution in [0.2, 0.25) is 5.02 Å². The standard InChI is InChI=1S/C23H21ClN2O5S2/c1-31-23(28)21-18-11-6-12-19(18)32-22(21)25-20(27)14-26(16-8-5-7-15(24)13-16)33(29,30)17-9-3-2-4-10-17/h2-5,7-10,13H,6,11-12,14H2,1H3,(H,25,27). The van der Waals surface area contributed by atoms with Gasteiger partial charge in [0.15, 0.2) is 0 Å². The SMILES string of the molecule is COC(=O)c1c(NC(=O)CN(c2cccc(Cl)c2)S(=O)(=O)c2ccccc2)sc2c1CCC2. The van der Waals surface area contributed by atoms with E-state index < -0.39 is 28.4 Å². The number of hydrogen-bond donors (Lipinski definition) is 1. The van der Waals surface area contributed by atoms with Crippen LogP contribution in [0.3, 0.4) is 0 Å². The van der Waals surface area contributed by atoms with Gasteiger partial charge in [-0.3, -0.25) is 9.10 Å². The van der Waals surface area contributed by atoms with E-state index in [1.54, 1.807) is 36.4 Å². The molecule has 1 aromatic heterocycles. The highest BCUT2D eigenvalue weighted by molar-refractivity contribution is 7.92. The third-order valence-corrected chi connectivity index (χ3v) is 8.51. The van der Waals surface area contributed by atoms with E-state index in [0.717, 1.165) is 34.0 Å². The van der Waals surface area contributed by atoms with E-state index in [2.05, 4.69) is 5.32 Å². The zero-order chi connectivity index (χ0) is 23.6. The molecule has 1 N–H and O–H groups in total. The molecule has 7 nitrogen and oxygen atoms in total. The third-order valence-electron chi connectivity index (χ3n) is 5.28. The zero-order valence-electron chi connectivity index (χ0n) is 17.7. The monoisotopic (exact) mass is 504 g/mol. The number of methoxy groups -OCH3 is 1. The summed E-state index contributed by atoms with van der Waals surface area (Å²) in [4.78, 5) is 26.5. The van der Waals surface area contributed by atoms with E-state index in [0.29, 0.717) is 15.6 Å². The molecule has 3 aromatic rings. The highest BCUT2D eigenvalue weighted by Gasteiger charge is 2.30. The van der Waals surface area contributed by atoms with Gasteiger partial charge in [-0.15, -0.1) is 11.3 Å². The van der Waals surface area contributed by atoms with E-state index in [4.69, 9.17) is 16.3 Å². The molecule has 0 aliphatic heterocycles. The maximum Gasteiger partial charge on any atom is 0.341 e. The molecule has 2 aromatic carbocycles. The molecule has 10 heteroatoms. The summed E-state index contributed by atoms with van der Waals surface area (Å²) in [6, 6.07) is 14.1. The fourth-order valence-electron chi connectivity index (χ4n) is 3.77. The van der Waals surface area contributed by atoms with Gasteiger partial charge in [0.2, 0.25) is 5.91 Å². The van der Waals surface area contributed by atoms with Crippen LogP contribution >= 0.6 is 22.9 Å². The Bertz CT molecular complexity index is 1310. The van der Waals surface area contributed by atoms with Crippen LogP contribution in [-0.4, -0.2) is 33.9 Å². The molecular formula is C23H21ClN2O5S2. The molecule has 1 aliphatic rings. The Hall–Kier alpha value is -2.88. The smallest absolute Gasteiger partial charge is 0.341 e. The topological polar surface area (TPSA) is 92.8 Å². The summed E-state index contributed by atoms with van der Waals surface area (Å²) in [5.74, 6) is -1.10. The van der Waals surface area contributed by atoms with Crippen molar-refractivity contribution in [1.82, 2.24) is 0 Å². The second-order valence-corrected chi connectivity index (χ2v) is 10.8. The number of fused-ring (bicyclic) bond motifs is 1. The number of esters is 1. The van der Waals surface area contributed by atoms with Crippen LogP contribution in [0.5, 0.6) is 0 Å². The number of ether oxygens (including phenoxy) is 1. The largest absolute Gasteiger partial charge is 0.465 e. The van der Waals surface area contributed by atoms with E-state index in [1.807, 2.05) is 0 Å². The zero-order valence-corrected chi connectivity index (χ0v) is 20.1. The summed E-state index contributed by atoms with van der Waals surface area (Å²) in [5, 5.41) is 3.44. The van der Waals surface area contributed by atoms with E-state index in [9.17, 15) is 18.0 Å². The number of carbonyl (C=O) groups is 2. The number of amides is 1. The van der Waals surface area contributed by atoms with Crippen LogP contribution < -0.4 is 9.62 Å². The molecule has 0 saturated carbocycles. The average Bonchev–Trinajstić information content (AvgIpc) is 3.38. The van der Waals surface area contributed by atoms with Crippen molar-refractivity contribution in [3.63, 3.8) is 0 Å². The summed E-state index contributed by atoms with van der Waals surface area (Å²) in [6.07, 6.45) is 2.51. The lowest BCUT2D eigenvalue weighted by Gasteiger charge is -2.24. The molecule has 0 saturated heterocycles. The summed E-state index contributed by atoms with van der Waals surface area (Å²) >= 11 is 7.42. The maximum atomic E-state index is 13.4. The predicted octanol–water partition coefficient (Wildman–Crippen LogP) is 4.51. The Morgan fingerprint density at radius 3 is 2.58 bits per heavy atom. The van der Waals surface area contributed by atoms with E-state index >= 15 is 0 Å². The number of aryl methyl sites for hydroxylation is 1. The van der Waals surface area contributed by atoms with Gasteiger partial charge in [-0.05, 0) is 55.2 Å². The van der Waals surface area contributed by atoms with Gasteiger partial charge in [0.1, 0.15) is 11.5 Å². The molecule has 4 rings (SSSR count). The van der Waals surface area contributed by atoms with Gasteiger partial charge >= 0.3 is 5.97 Å². The van der Waals surface area contributed by atoms with Gasteiger partial charge < -0.3 is 10.1 Å². The Labute approximate surface area is 201 Å². The first kappa shape index (κ1) is 23.3. The fraction of sp³-hybridized carbons (Fsp3) is 0.217. The van der Waals surface area contributed by atoms with Gasteiger partial charge in [-0.25, -0.2) is 13.2 Å². The molecule has 0 bridgehead atoms. The second-order valence-electron chi connectivity index (χ2n) is 7.41. The lowest BCUT2D eigenvalue weighted by atomic mass is 10.1. The number of rotatable bonds is 7. The van der Waals surface area contributed by atoms with Crippen molar-refractivity contribution in [3.05, 3.63) is 75.6 Å². The lowest BCUT2D eigenvalue weighted by molar-refractivity contribution is -0.114. The van der Waals surface area contributed by atoms with Crippen LogP contribution in [-0.2, 0) is 32.4 Å². The van der Waals surface area contributed by atoms with Crippen molar-refractivity contribution in [1.29, 1.82) is 0 Å². The number of halogens is 1.